The Morgan fingerprint density at radius 1 is 1.24 bits per heavy atom. The van der Waals surface area contributed by atoms with Crippen molar-refractivity contribution in [1.82, 2.24) is 5.32 Å². The SMILES string of the molecule is COC(=O)[C@@H]1CCCC[C@@H]1NCc1ccc(C(=O)O)cc1. The summed E-state index contributed by atoms with van der Waals surface area (Å²) in [5, 5.41) is 12.3. The maximum atomic E-state index is 11.8. The monoisotopic (exact) mass is 291 g/mol. The van der Waals surface area contributed by atoms with Gasteiger partial charge in [0, 0.05) is 12.6 Å². The van der Waals surface area contributed by atoms with E-state index < -0.39 is 5.97 Å². The number of ether oxygens (including phenoxy) is 1. The van der Waals surface area contributed by atoms with Gasteiger partial charge in [-0.15, -0.1) is 0 Å². The highest BCUT2D eigenvalue weighted by Crippen LogP contribution is 2.25. The van der Waals surface area contributed by atoms with Gasteiger partial charge in [-0.2, -0.15) is 0 Å². The van der Waals surface area contributed by atoms with E-state index in [2.05, 4.69) is 5.32 Å². The van der Waals surface area contributed by atoms with Crippen LogP contribution in [0.5, 0.6) is 0 Å². The fourth-order valence-electron chi connectivity index (χ4n) is 2.82. The lowest BCUT2D eigenvalue weighted by Gasteiger charge is -2.30. The molecule has 0 amide bonds. The summed E-state index contributed by atoms with van der Waals surface area (Å²) in [5.41, 5.74) is 1.29. The molecule has 0 bridgehead atoms. The average molecular weight is 291 g/mol. The topological polar surface area (TPSA) is 75.6 Å². The van der Waals surface area contributed by atoms with E-state index in [9.17, 15) is 9.59 Å². The molecule has 2 rings (SSSR count). The Morgan fingerprint density at radius 2 is 1.90 bits per heavy atom. The van der Waals surface area contributed by atoms with Gasteiger partial charge >= 0.3 is 11.9 Å². The lowest BCUT2D eigenvalue weighted by Crippen LogP contribution is -2.42. The van der Waals surface area contributed by atoms with Crippen LogP contribution in [0.3, 0.4) is 0 Å². The van der Waals surface area contributed by atoms with E-state index in [0.717, 1.165) is 31.2 Å². The van der Waals surface area contributed by atoms with Crippen LogP contribution in [0.15, 0.2) is 24.3 Å². The van der Waals surface area contributed by atoms with Gasteiger partial charge in [-0.05, 0) is 30.5 Å². The fourth-order valence-corrected chi connectivity index (χ4v) is 2.82. The van der Waals surface area contributed by atoms with Gasteiger partial charge in [0.05, 0.1) is 18.6 Å². The van der Waals surface area contributed by atoms with Crippen LogP contribution in [-0.4, -0.2) is 30.2 Å². The normalized spacial score (nSPS) is 21.8. The summed E-state index contributed by atoms with van der Waals surface area (Å²) in [4.78, 5) is 22.6. The molecule has 1 aliphatic rings. The maximum absolute atomic E-state index is 11.8. The molecule has 2 atom stereocenters. The second-order valence-electron chi connectivity index (χ2n) is 5.40. The molecule has 0 spiro atoms. The minimum absolute atomic E-state index is 0.0814. The number of hydrogen-bond acceptors (Lipinski definition) is 4. The van der Waals surface area contributed by atoms with Crippen LogP contribution in [0.4, 0.5) is 0 Å². The van der Waals surface area contributed by atoms with Gasteiger partial charge in [0.1, 0.15) is 0 Å². The number of carboxylic acids is 1. The molecule has 5 nitrogen and oxygen atoms in total. The van der Waals surface area contributed by atoms with Gasteiger partial charge < -0.3 is 15.2 Å². The van der Waals surface area contributed by atoms with Crippen molar-refractivity contribution in [2.75, 3.05) is 7.11 Å². The van der Waals surface area contributed by atoms with Crippen molar-refractivity contribution in [3.05, 3.63) is 35.4 Å². The summed E-state index contributed by atoms with van der Waals surface area (Å²) in [5.74, 6) is -1.15. The van der Waals surface area contributed by atoms with E-state index in [1.165, 1.54) is 7.11 Å². The standard InChI is InChI=1S/C16H21NO4/c1-21-16(20)13-4-2-3-5-14(13)17-10-11-6-8-12(9-7-11)15(18)19/h6-9,13-14,17H,2-5,10H2,1H3,(H,18,19)/t13-,14+/m1/s1. The van der Waals surface area contributed by atoms with Crippen LogP contribution >= 0.6 is 0 Å². The number of carbonyl (C=O) groups excluding carboxylic acids is 1. The summed E-state index contributed by atoms with van der Waals surface area (Å²) < 4.78 is 4.87. The number of esters is 1. The first-order valence-corrected chi connectivity index (χ1v) is 7.25. The van der Waals surface area contributed by atoms with E-state index in [0.29, 0.717) is 6.54 Å². The third-order valence-corrected chi connectivity index (χ3v) is 4.04. The Bertz CT molecular complexity index is 498. The lowest BCUT2D eigenvalue weighted by molar-refractivity contribution is -0.147. The molecular formula is C16H21NO4. The average Bonchev–Trinajstić information content (AvgIpc) is 2.52. The summed E-state index contributed by atoms with van der Waals surface area (Å²) in [6.45, 7) is 0.623. The number of hydrogen-bond donors (Lipinski definition) is 2. The summed E-state index contributed by atoms with van der Waals surface area (Å²) in [6.07, 6.45) is 4.00. The molecule has 5 heteroatoms. The highest BCUT2D eigenvalue weighted by Gasteiger charge is 2.31. The highest BCUT2D eigenvalue weighted by molar-refractivity contribution is 5.87. The Kier molecular flexibility index (Phi) is 5.33. The van der Waals surface area contributed by atoms with Crippen LogP contribution in [-0.2, 0) is 16.1 Å². The molecule has 1 aliphatic carbocycles. The predicted octanol–water partition coefficient (Wildman–Crippen LogP) is 2.21. The molecule has 0 heterocycles. The Hall–Kier alpha value is -1.88. The highest BCUT2D eigenvalue weighted by atomic mass is 16.5. The molecule has 114 valence electrons. The molecule has 1 aromatic rings. The number of carbonyl (C=O) groups is 2. The van der Waals surface area contributed by atoms with Crippen molar-refractivity contribution < 1.29 is 19.4 Å². The van der Waals surface area contributed by atoms with Crippen molar-refractivity contribution in [3.63, 3.8) is 0 Å². The zero-order valence-electron chi connectivity index (χ0n) is 12.2. The minimum Gasteiger partial charge on any atom is -0.478 e. The number of carboxylic acid groups (broad SMARTS) is 1. The van der Waals surface area contributed by atoms with Crippen LogP contribution in [0.1, 0.15) is 41.6 Å². The lowest BCUT2D eigenvalue weighted by atomic mass is 9.84. The number of nitrogens with one attached hydrogen (secondary N) is 1. The van der Waals surface area contributed by atoms with Crippen molar-refractivity contribution in [1.29, 1.82) is 0 Å². The molecular weight excluding hydrogens is 270 g/mol. The number of aromatic carboxylic acids is 1. The maximum Gasteiger partial charge on any atom is 0.335 e. The number of rotatable bonds is 5. The molecule has 1 fully saturated rings. The molecule has 0 saturated heterocycles. The quantitative estimate of drug-likeness (QED) is 0.813. The molecule has 0 unspecified atom stereocenters. The summed E-state index contributed by atoms with van der Waals surface area (Å²) >= 11 is 0. The first-order valence-electron chi connectivity index (χ1n) is 7.25. The minimum atomic E-state index is -0.924. The van der Waals surface area contributed by atoms with E-state index >= 15 is 0 Å². The van der Waals surface area contributed by atoms with Crippen molar-refractivity contribution >= 4 is 11.9 Å². The van der Waals surface area contributed by atoms with Gasteiger partial charge in [0.15, 0.2) is 0 Å². The van der Waals surface area contributed by atoms with Crippen molar-refractivity contribution in [2.45, 2.75) is 38.3 Å². The smallest absolute Gasteiger partial charge is 0.335 e. The van der Waals surface area contributed by atoms with Gasteiger partial charge in [-0.3, -0.25) is 4.79 Å². The van der Waals surface area contributed by atoms with E-state index in [1.807, 2.05) is 0 Å². The number of benzene rings is 1. The zero-order chi connectivity index (χ0) is 15.2. The first-order chi connectivity index (χ1) is 10.1. The van der Waals surface area contributed by atoms with Crippen molar-refractivity contribution in [3.8, 4) is 0 Å². The van der Waals surface area contributed by atoms with Crippen molar-refractivity contribution in [2.24, 2.45) is 5.92 Å². The fraction of sp³-hybridized carbons (Fsp3) is 0.500. The molecule has 2 N–H and O–H groups in total. The second-order valence-corrected chi connectivity index (χ2v) is 5.40. The Labute approximate surface area is 124 Å². The van der Waals surface area contributed by atoms with E-state index in [-0.39, 0.29) is 23.5 Å². The van der Waals surface area contributed by atoms with Crippen LogP contribution in [0.25, 0.3) is 0 Å². The number of methoxy groups -OCH3 is 1. The van der Waals surface area contributed by atoms with Crippen LogP contribution < -0.4 is 5.32 Å². The Balaban J connectivity index is 1.94. The van der Waals surface area contributed by atoms with Gasteiger partial charge in [0.2, 0.25) is 0 Å². The molecule has 0 aliphatic heterocycles. The van der Waals surface area contributed by atoms with E-state index in [4.69, 9.17) is 9.84 Å². The second kappa shape index (κ2) is 7.22. The molecule has 21 heavy (non-hydrogen) atoms. The van der Waals surface area contributed by atoms with Crippen LogP contribution in [0.2, 0.25) is 0 Å². The molecule has 0 aromatic heterocycles. The van der Waals surface area contributed by atoms with Gasteiger partial charge in [-0.25, -0.2) is 4.79 Å². The van der Waals surface area contributed by atoms with E-state index in [1.54, 1.807) is 24.3 Å². The third kappa shape index (κ3) is 4.04. The Morgan fingerprint density at radius 3 is 2.52 bits per heavy atom. The predicted molar refractivity (Wildman–Crippen MR) is 78.0 cm³/mol. The van der Waals surface area contributed by atoms with Crippen LogP contribution in [0, 0.1) is 5.92 Å². The molecule has 1 aromatic carbocycles. The van der Waals surface area contributed by atoms with Gasteiger partial charge in [-0.1, -0.05) is 25.0 Å². The first kappa shape index (κ1) is 15.5. The zero-order valence-corrected chi connectivity index (χ0v) is 12.2. The largest absolute Gasteiger partial charge is 0.478 e. The van der Waals surface area contributed by atoms with Gasteiger partial charge in [0.25, 0.3) is 0 Å². The summed E-state index contributed by atoms with van der Waals surface area (Å²) in [7, 11) is 1.43. The summed E-state index contributed by atoms with van der Waals surface area (Å²) in [6, 6.07) is 6.92. The molecule has 0 radical (unpaired) electrons. The molecule has 1 saturated carbocycles. The third-order valence-electron chi connectivity index (χ3n) is 4.04.